The molecule has 0 aliphatic carbocycles. The molecule has 2 aromatic carbocycles. The molecule has 0 spiro atoms. The van der Waals surface area contributed by atoms with Gasteiger partial charge in [-0.2, -0.15) is 0 Å². The van der Waals surface area contributed by atoms with Gasteiger partial charge in [0.1, 0.15) is 5.60 Å². The molecule has 3 aromatic rings. The maximum absolute atomic E-state index is 13.9. The van der Waals surface area contributed by atoms with Crippen LogP contribution in [0.25, 0.3) is 0 Å². The number of rotatable bonds is 16. The zero-order valence-corrected chi connectivity index (χ0v) is 27.3. The molecule has 45 heavy (non-hydrogen) atoms. The Kier molecular flexibility index (Phi) is 13.6. The van der Waals surface area contributed by atoms with E-state index in [1.807, 2.05) is 63.1 Å². The monoisotopic (exact) mass is 637 g/mol. The highest BCUT2D eigenvalue weighted by Crippen LogP contribution is 2.19. The van der Waals surface area contributed by atoms with Gasteiger partial charge in [0, 0.05) is 44.4 Å². The number of carbonyl (C=O) groups is 3. The molecule has 0 fully saturated rings. The second-order valence-electron chi connectivity index (χ2n) is 11.9. The maximum Gasteiger partial charge on any atom is 0.407 e. The van der Waals surface area contributed by atoms with Gasteiger partial charge in [0.05, 0.1) is 17.7 Å². The second-order valence-corrected chi connectivity index (χ2v) is 12.4. The number of alkyl carbamates (subject to hydrolysis) is 1. The smallest absolute Gasteiger partial charge is 0.407 e. The number of aromatic nitrogens is 2. The maximum atomic E-state index is 13.9. The van der Waals surface area contributed by atoms with Gasteiger partial charge in [-0.3, -0.25) is 9.59 Å². The summed E-state index contributed by atoms with van der Waals surface area (Å²) < 4.78 is 5.29. The van der Waals surface area contributed by atoms with Gasteiger partial charge in [-0.15, -0.1) is 0 Å². The minimum Gasteiger partial charge on any atom is -0.481 e. The van der Waals surface area contributed by atoms with Crippen molar-refractivity contribution < 1.29 is 24.2 Å². The lowest BCUT2D eigenvalue weighted by Crippen LogP contribution is -2.34. The molecule has 0 aliphatic rings. The fourth-order valence-electron chi connectivity index (χ4n) is 4.56. The molecule has 0 radical (unpaired) electrons. The third-order valence-electron chi connectivity index (χ3n) is 6.93. The van der Waals surface area contributed by atoms with Gasteiger partial charge in [-0.05, 0) is 69.7 Å². The van der Waals surface area contributed by atoms with Gasteiger partial charge >= 0.3 is 12.1 Å². The number of benzene rings is 2. The molecule has 0 saturated carbocycles. The summed E-state index contributed by atoms with van der Waals surface area (Å²) in [5, 5.41) is 12.7. The highest BCUT2D eigenvalue weighted by atomic mass is 35.5. The van der Waals surface area contributed by atoms with Crippen molar-refractivity contribution in [3.8, 4) is 0 Å². The predicted octanol–water partition coefficient (Wildman–Crippen LogP) is 6.16. The van der Waals surface area contributed by atoms with Gasteiger partial charge < -0.3 is 25.0 Å². The van der Waals surface area contributed by atoms with Crippen LogP contribution >= 0.6 is 11.6 Å². The predicted molar refractivity (Wildman–Crippen MR) is 176 cm³/mol. The topological polar surface area (TPSA) is 125 Å². The van der Waals surface area contributed by atoms with E-state index in [4.69, 9.17) is 21.3 Å². The first kappa shape index (κ1) is 35.3. The van der Waals surface area contributed by atoms with Crippen LogP contribution in [0.4, 0.5) is 10.7 Å². The average Bonchev–Trinajstić information content (AvgIpc) is 2.99. The Bertz CT molecular complexity index is 1400. The summed E-state index contributed by atoms with van der Waals surface area (Å²) in [5.74, 6) is -0.805. The molecular formula is C34H44ClN5O5. The van der Waals surface area contributed by atoms with Crippen LogP contribution in [-0.4, -0.2) is 70.2 Å². The molecule has 0 bridgehead atoms. The summed E-state index contributed by atoms with van der Waals surface area (Å²) in [6.07, 6.45) is 4.50. The number of halogens is 1. The zero-order valence-electron chi connectivity index (χ0n) is 26.6. The van der Waals surface area contributed by atoms with E-state index in [1.54, 1.807) is 18.3 Å². The molecule has 3 rings (SSSR count). The zero-order chi connectivity index (χ0) is 32.8. The Labute approximate surface area is 270 Å². The molecule has 0 saturated heterocycles. The number of hydrogen-bond donors (Lipinski definition) is 2. The van der Waals surface area contributed by atoms with Gasteiger partial charge in [-0.25, -0.2) is 14.8 Å². The van der Waals surface area contributed by atoms with Crippen LogP contribution in [0.15, 0.2) is 60.8 Å². The summed E-state index contributed by atoms with van der Waals surface area (Å²) in [7, 11) is 1.92. The molecule has 0 unspecified atom stereocenters. The number of unbranched alkanes of at least 4 members (excludes halogenated alkanes) is 2. The minimum atomic E-state index is -0.990. The van der Waals surface area contributed by atoms with E-state index in [9.17, 15) is 19.5 Å². The van der Waals surface area contributed by atoms with Crippen molar-refractivity contribution >= 4 is 35.5 Å². The summed E-state index contributed by atoms with van der Waals surface area (Å²) in [6.45, 7) is 6.87. The molecule has 0 atom stereocenters. The number of carboxylic acids is 1. The van der Waals surface area contributed by atoms with E-state index < -0.39 is 17.7 Å². The molecular weight excluding hydrogens is 594 g/mol. The Morgan fingerprint density at radius 1 is 0.933 bits per heavy atom. The number of anilines is 1. The number of nitrogens with one attached hydrogen (secondary N) is 1. The molecule has 1 aromatic heterocycles. The van der Waals surface area contributed by atoms with Crippen molar-refractivity contribution in [1.29, 1.82) is 0 Å². The summed E-state index contributed by atoms with van der Waals surface area (Å²) in [5.41, 5.74) is 2.43. The number of hydrogen-bond acceptors (Lipinski definition) is 7. The summed E-state index contributed by atoms with van der Waals surface area (Å²) >= 11 is 6.04. The molecule has 0 aliphatic heterocycles. The van der Waals surface area contributed by atoms with Crippen LogP contribution in [0.3, 0.4) is 0 Å². The van der Waals surface area contributed by atoms with Crippen LogP contribution in [0.1, 0.15) is 73.6 Å². The quantitative estimate of drug-likeness (QED) is 0.179. The largest absolute Gasteiger partial charge is 0.481 e. The first-order valence-electron chi connectivity index (χ1n) is 15.2. The second kappa shape index (κ2) is 17.3. The van der Waals surface area contributed by atoms with Crippen molar-refractivity contribution in [2.24, 2.45) is 0 Å². The van der Waals surface area contributed by atoms with Gasteiger partial charge in [0.15, 0.2) is 0 Å². The van der Waals surface area contributed by atoms with Crippen LogP contribution in [0.5, 0.6) is 0 Å². The first-order valence-corrected chi connectivity index (χ1v) is 15.6. The first-order chi connectivity index (χ1) is 21.4. The number of amides is 2. The lowest BCUT2D eigenvalue weighted by molar-refractivity contribution is -0.137. The molecule has 2 amide bonds. The number of aliphatic carboxylic acids is 1. The normalized spacial score (nSPS) is 11.1. The van der Waals surface area contributed by atoms with E-state index >= 15 is 0 Å². The van der Waals surface area contributed by atoms with Crippen LogP contribution in [0.2, 0.25) is 5.02 Å². The SMILES string of the molecule is CN(CCc1ccccc1)c1ncc(C(=O)N(CCC(=O)O)Cc2ccc(Cl)cc2)c(CCCCCNC(=O)OC(C)(C)C)n1. The van der Waals surface area contributed by atoms with Crippen molar-refractivity contribution in [2.45, 2.75) is 71.4 Å². The standard InChI is InChI=1S/C34H44ClN5O5/c1-34(2,3)45-33(44)36-20-10-6-9-13-29-28(23-37-32(38-29)39(4)21-18-25-11-7-5-8-12-25)31(43)40(22-19-30(41)42)24-26-14-16-27(35)17-15-26/h5,7-8,11-12,14-17,23H,6,9-10,13,18-22,24H2,1-4H3,(H,36,44)(H,41,42). The number of aryl methyl sites for hydroxylation is 1. The Morgan fingerprint density at radius 3 is 2.31 bits per heavy atom. The summed E-state index contributed by atoms with van der Waals surface area (Å²) in [4.78, 5) is 50.2. The highest BCUT2D eigenvalue weighted by molar-refractivity contribution is 6.30. The van der Waals surface area contributed by atoms with Gasteiger partial charge in [-0.1, -0.05) is 60.5 Å². The molecule has 2 N–H and O–H groups in total. The van der Waals surface area contributed by atoms with Gasteiger partial charge in [0.2, 0.25) is 5.95 Å². The van der Waals surface area contributed by atoms with E-state index in [1.165, 1.54) is 10.5 Å². The van der Waals surface area contributed by atoms with Crippen molar-refractivity contribution in [2.75, 3.05) is 31.6 Å². The third kappa shape index (κ3) is 12.8. The highest BCUT2D eigenvalue weighted by Gasteiger charge is 2.23. The molecule has 1 heterocycles. The molecule has 10 nitrogen and oxygen atoms in total. The van der Waals surface area contributed by atoms with Crippen molar-refractivity contribution in [1.82, 2.24) is 20.2 Å². The lowest BCUT2D eigenvalue weighted by Gasteiger charge is -2.24. The van der Waals surface area contributed by atoms with E-state index in [0.717, 1.165) is 31.2 Å². The van der Waals surface area contributed by atoms with Crippen LogP contribution in [-0.2, 0) is 28.9 Å². The number of carbonyl (C=O) groups excluding carboxylic acids is 2. The van der Waals surface area contributed by atoms with Gasteiger partial charge in [0.25, 0.3) is 5.91 Å². The fraction of sp³-hybridized carbons (Fsp3) is 0.441. The fourth-order valence-corrected chi connectivity index (χ4v) is 4.69. The Balaban J connectivity index is 1.76. The number of ether oxygens (including phenoxy) is 1. The van der Waals surface area contributed by atoms with Crippen molar-refractivity contribution in [3.63, 3.8) is 0 Å². The Hall–Kier alpha value is -4.18. The lowest BCUT2D eigenvalue weighted by atomic mass is 10.1. The van der Waals surface area contributed by atoms with Crippen molar-refractivity contribution in [3.05, 3.63) is 88.2 Å². The van der Waals surface area contributed by atoms with Crippen LogP contribution < -0.4 is 10.2 Å². The van der Waals surface area contributed by atoms with E-state index in [0.29, 0.717) is 41.7 Å². The number of carboxylic acid groups (broad SMARTS) is 1. The average molecular weight is 638 g/mol. The Morgan fingerprint density at radius 2 is 1.64 bits per heavy atom. The van der Waals surface area contributed by atoms with E-state index in [-0.39, 0.29) is 25.4 Å². The molecule has 242 valence electrons. The third-order valence-corrected chi connectivity index (χ3v) is 7.19. The molecule has 11 heteroatoms. The minimum absolute atomic E-state index is 0.0330. The number of likely N-dealkylation sites (N-methyl/N-ethyl adjacent to an activating group) is 1. The van der Waals surface area contributed by atoms with E-state index in [2.05, 4.69) is 22.4 Å². The number of nitrogens with zero attached hydrogens (tertiary/aromatic N) is 4. The summed E-state index contributed by atoms with van der Waals surface area (Å²) in [6, 6.07) is 17.3. The van der Waals surface area contributed by atoms with Crippen LogP contribution in [0, 0.1) is 0 Å².